The highest BCUT2D eigenvalue weighted by molar-refractivity contribution is 5.81. The van der Waals surface area contributed by atoms with Crippen molar-refractivity contribution in [3.05, 3.63) is 116 Å². The molecule has 0 saturated heterocycles. The maximum absolute atomic E-state index is 13.1. The van der Waals surface area contributed by atoms with Crippen molar-refractivity contribution in [2.24, 2.45) is 0 Å². The molecule has 2 aromatic heterocycles. The molecule has 1 aliphatic heterocycles. The predicted octanol–water partition coefficient (Wildman–Crippen LogP) is 5.73. The Morgan fingerprint density at radius 3 is 2.66 bits per heavy atom. The van der Waals surface area contributed by atoms with Crippen molar-refractivity contribution in [2.45, 2.75) is 71.6 Å². The Kier molecular flexibility index (Phi) is 9.89. The summed E-state index contributed by atoms with van der Waals surface area (Å²) >= 11 is 0. The number of likely N-dealkylation sites (N-methyl/N-ethyl adjacent to an activating group) is 1. The second-order valence-corrected chi connectivity index (χ2v) is 12.5. The van der Waals surface area contributed by atoms with Gasteiger partial charge in [-0.3, -0.25) is 9.59 Å². The summed E-state index contributed by atoms with van der Waals surface area (Å²) in [5.41, 5.74) is 9.53. The maximum atomic E-state index is 13.1. The predicted molar refractivity (Wildman–Crippen MR) is 177 cm³/mol. The van der Waals surface area contributed by atoms with Gasteiger partial charge < -0.3 is 18.5 Å². The van der Waals surface area contributed by atoms with Crippen LogP contribution in [0.1, 0.15) is 80.4 Å². The Morgan fingerprint density at radius 2 is 1.89 bits per heavy atom. The van der Waals surface area contributed by atoms with E-state index in [-0.39, 0.29) is 18.1 Å². The molecule has 10 heteroatoms. The molecule has 0 saturated carbocycles. The topological polar surface area (TPSA) is 121 Å². The average molecular weight is 637 g/mol. The van der Waals surface area contributed by atoms with Crippen LogP contribution in [0, 0.1) is 13.8 Å². The van der Waals surface area contributed by atoms with Gasteiger partial charge in [-0.2, -0.15) is 0 Å². The van der Waals surface area contributed by atoms with Gasteiger partial charge in [0.1, 0.15) is 23.3 Å². The van der Waals surface area contributed by atoms with E-state index >= 15 is 0 Å². The van der Waals surface area contributed by atoms with E-state index in [2.05, 4.69) is 59.5 Å². The van der Waals surface area contributed by atoms with E-state index in [0.717, 1.165) is 59.9 Å². The first-order valence-corrected chi connectivity index (χ1v) is 16.1. The quantitative estimate of drug-likeness (QED) is 0.111. The number of ether oxygens (including phenoxy) is 1. The van der Waals surface area contributed by atoms with Crippen molar-refractivity contribution in [1.82, 2.24) is 19.9 Å². The van der Waals surface area contributed by atoms with Gasteiger partial charge in [0.15, 0.2) is 5.76 Å². The molecule has 5 aromatic rings. The molecule has 0 bridgehead atoms. The van der Waals surface area contributed by atoms with E-state index in [4.69, 9.17) is 13.6 Å². The lowest BCUT2D eigenvalue weighted by atomic mass is 9.82. The van der Waals surface area contributed by atoms with Crippen LogP contribution in [-0.4, -0.2) is 52.2 Å². The van der Waals surface area contributed by atoms with Crippen molar-refractivity contribution in [2.75, 3.05) is 20.2 Å². The van der Waals surface area contributed by atoms with Crippen LogP contribution in [0.5, 0.6) is 0 Å². The largest absolute Gasteiger partial charge is 0.519 e. The number of nitrogens with zero attached hydrogens (tertiary/aromatic N) is 4. The Morgan fingerprint density at radius 1 is 1.06 bits per heavy atom. The van der Waals surface area contributed by atoms with Gasteiger partial charge in [-0.05, 0) is 79.6 Å². The molecule has 47 heavy (non-hydrogen) atoms. The molecular formula is C37H40N4O6. The molecule has 1 atom stereocenters. The van der Waals surface area contributed by atoms with Gasteiger partial charge in [-0.15, -0.1) is 5.10 Å². The average Bonchev–Trinajstić information content (AvgIpc) is 3.63. The molecule has 244 valence electrons. The fourth-order valence-corrected chi connectivity index (χ4v) is 6.47. The first-order chi connectivity index (χ1) is 22.8. The Balaban J connectivity index is 1.18. The van der Waals surface area contributed by atoms with E-state index < -0.39 is 5.82 Å². The minimum absolute atomic E-state index is 0.00906. The minimum atomic E-state index is -0.783. The van der Waals surface area contributed by atoms with Gasteiger partial charge in [0.2, 0.25) is 0 Å². The molecule has 1 aliphatic rings. The number of carbonyl (C=O) groups excluding carboxylic acids is 2. The molecule has 3 aromatic carbocycles. The third kappa shape index (κ3) is 7.50. The van der Waals surface area contributed by atoms with Crippen LogP contribution in [0.2, 0.25) is 0 Å². The monoisotopic (exact) mass is 636 g/mol. The summed E-state index contributed by atoms with van der Waals surface area (Å²) in [6.45, 7) is 7.38. The molecule has 10 nitrogen and oxygen atoms in total. The molecule has 0 N–H and O–H groups in total. The number of hydrogen-bond acceptors (Lipinski definition) is 9. The summed E-state index contributed by atoms with van der Waals surface area (Å²) in [6.07, 6.45) is 3.58. The molecule has 0 spiro atoms. The fourth-order valence-electron chi connectivity index (χ4n) is 6.47. The third-order valence-corrected chi connectivity index (χ3v) is 9.14. The summed E-state index contributed by atoms with van der Waals surface area (Å²) in [5.74, 6) is -0.182. The van der Waals surface area contributed by atoms with Crippen LogP contribution >= 0.6 is 0 Å². The van der Waals surface area contributed by atoms with Gasteiger partial charge in [0.25, 0.3) is 0 Å². The zero-order chi connectivity index (χ0) is 32.9. The number of aldehydes is 1. The van der Waals surface area contributed by atoms with Gasteiger partial charge in [-0.1, -0.05) is 53.7 Å². The lowest BCUT2D eigenvalue weighted by Gasteiger charge is -2.27. The Hall–Kier alpha value is -4.67. The molecule has 0 radical (unpaired) electrons. The summed E-state index contributed by atoms with van der Waals surface area (Å²) in [6, 6.07) is 18.4. The normalized spacial score (nSPS) is 13.9. The number of aromatic nitrogens is 3. The summed E-state index contributed by atoms with van der Waals surface area (Å²) in [4.78, 5) is 37.8. The van der Waals surface area contributed by atoms with Crippen LogP contribution in [0.25, 0.3) is 11.0 Å². The molecule has 0 fully saturated rings. The van der Waals surface area contributed by atoms with Crippen LogP contribution in [0.4, 0.5) is 0 Å². The van der Waals surface area contributed by atoms with Crippen molar-refractivity contribution in [1.29, 1.82) is 0 Å². The second-order valence-electron chi connectivity index (χ2n) is 12.5. The molecule has 6 rings (SSSR count). The van der Waals surface area contributed by atoms with E-state index in [9.17, 15) is 14.4 Å². The lowest BCUT2D eigenvalue weighted by molar-refractivity contribution is -0.118. The van der Waals surface area contributed by atoms with Crippen molar-refractivity contribution >= 4 is 23.1 Å². The number of benzene rings is 3. The molecule has 0 amide bonds. The van der Waals surface area contributed by atoms with Crippen LogP contribution < -0.4 is 5.82 Å². The first-order valence-electron chi connectivity index (χ1n) is 16.1. The molecule has 0 aliphatic carbocycles. The highest BCUT2D eigenvalue weighted by Gasteiger charge is 2.24. The fraction of sp³-hybridized carbons (Fsp3) is 0.378. The summed E-state index contributed by atoms with van der Waals surface area (Å²) in [5, 5.41) is 9.05. The number of aryl methyl sites for hydroxylation is 3. The van der Waals surface area contributed by atoms with E-state index in [1.165, 1.54) is 16.7 Å². The molecule has 1 unspecified atom stereocenters. The number of carbonyl (C=O) groups is 2. The van der Waals surface area contributed by atoms with Crippen molar-refractivity contribution < 1.29 is 23.2 Å². The standard InChI is InChI=1S/C37H40N4O6/c1-24-32(13-14-34-36(24)38-39-41(34)16-4-18-45-23-27-7-5-26(22-42)6-8-27)33(12-11-31(43)20-35-25(2)46-37(44)47-35)29-10-9-28-15-17-40(3)21-30(28)19-29/h5-10,13-14,19,22,33H,4,11-12,15-18,20-21,23H2,1-3H3. The van der Waals surface area contributed by atoms with E-state index in [1.807, 2.05) is 16.8 Å². The summed E-state index contributed by atoms with van der Waals surface area (Å²) < 4.78 is 17.8. The van der Waals surface area contributed by atoms with Crippen LogP contribution in [0.15, 0.2) is 68.2 Å². The Labute approximate surface area is 273 Å². The number of Topliss-reactive ketones (excluding diaryl/α,β-unsaturated/α-hetero) is 1. The smallest absolute Gasteiger partial charge is 0.396 e. The molecule has 3 heterocycles. The minimum Gasteiger partial charge on any atom is -0.396 e. The first kappa shape index (κ1) is 32.3. The van der Waals surface area contributed by atoms with Gasteiger partial charge in [-0.25, -0.2) is 9.48 Å². The second kappa shape index (κ2) is 14.4. The third-order valence-electron chi connectivity index (χ3n) is 9.14. The highest BCUT2D eigenvalue weighted by Crippen LogP contribution is 2.36. The van der Waals surface area contributed by atoms with E-state index in [1.54, 1.807) is 19.1 Å². The van der Waals surface area contributed by atoms with Crippen LogP contribution in [-0.2, 0) is 42.1 Å². The van der Waals surface area contributed by atoms with E-state index in [0.29, 0.717) is 49.7 Å². The van der Waals surface area contributed by atoms with Crippen molar-refractivity contribution in [3.8, 4) is 0 Å². The summed E-state index contributed by atoms with van der Waals surface area (Å²) in [7, 11) is 2.14. The number of fused-ring (bicyclic) bond motifs is 2. The number of ketones is 1. The zero-order valence-electron chi connectivity index (χ0n) is 27.2. The van der Waals surface area contributed by atoms with Gasteiger partial charge in [0, 0.05) is 44.1 Å². The SMILES string of the molecule is Cc1oc(=O)oc1CC(=O)CCC(c1ccc2c(c1)CN(C)CC2)c1ccc2c(nnn2CCCOCc2ccc(C=O)cc2)c1C. The lowest BCUT2D eigenvalue weighted by Crippen LogP contribution is -2.26. The van der Waals surface area contributed by atoms with Gasteiger partial charge in [0.05, 0.1) is 18.5 Å². The Bertz CT molecular complexity index is 1940. The van der Waals surface area contributed by atoms with Gasteiger partial charge >= 0.3 is 5.82 Å². The molecular weight excluding hydrogens is 596 g/mol. The van der Waals surface area contributed by atoms with Crippen molar-refractivity contribution in [3.63, 3.8) is 0 Å². The highest BCUT2D eigenvalue weighted by atomic mass is 16.6. The number of rotatable bonds is 14. The maximum Gasteiger partial charge on any atom is 0.519 e. The zero-order valence-corrected chi connectivity index (χ0v) is 27.2. The van der Waals surface area contributed by atoms with Crippen LogP contribution in [0.3, 0.4) is 0 Å². The number of hydrogen-bond donors (Lipinski definition) is 0.